The second-order valence-corrected chi connectivity index (χ2v) is 6.05. The molecule has 0 saturated carbocycles. The number of hydrogen-bond acceptors (Lipinski definition) is 5. The number of nitrogens with zero attached hydrogens (tertiary/aromatic N) is 1. The molecule has 6 nitrogen and oxygen atoms in total. The van der Waals surface area contributed by atoms with E-state index in [0.29, 0.717) is 19.0 Å². The van der Waals surface area contributed by atoms with E-state index in [-0.39, 0.29) is 23.2 Å². The van der Waals surface area contributed by atoms with E-state index in [9.17, 15) is 14.7 Å². The van der Waals surface area contributed by atoms with Crippen LogP contribution in [0, 0.1) is 5.92 Å². The summed E-state index contributed by atoms with van der Waals surface area (Å²) in [5.74, 6) is -0.824. The second kappa shape index (κ2) is 6.11. The van der Waals surface area contributed by atoms with Gasteiger partial charge in [-0.3, -0.25) is 4.79 Å². The zero-order valence-corrected chi connectivity index (χ0v) is 12.0. The van der Waals surface area contributed by atoms with Crippen molar-refractivity contribution in [2.75, 3.05) is 26.0 Å². The highest BCUT2D eigenvalue weighted by atomic mass is 32.2. The van der Waals surface area contributed by atoms with Crippen molar-refractivity contribution in [3.63, 3.8) is 0 Å². The second-order valence-electron chi connectivity index (χ2n) is 4.83. The Morgan fingerprint density at radius 2 is 2.21 bits per heavy atom. The molecule has 2 aliphatic heterocycles. The summed E-state index contributed by atoms with van der Waals surface area (Å²) in [7, 11) is 1.80. The predicted octanol–water partition coefficient (Wildman–Crippen LogP) is -0.0145. The molecule has 1 amide bonds. The molecule has 0 aliphatic carbocycles. The number of carbonyl (C=O) groups is 2. The molecule has 19 heavy (non-hydrogen) atoms. The third kappa shape index (κ3) is 2.73. The summed E-state index contributed by atoms with van der Waals surface area (Å²) in [5.41, 5.74) is 0. The first-order chi connectivity index (χ1) is 9.10. The summed E-state index contributed by atoms with van der Waals surface area (Å²) < 4.78 is 5.34. The molecule has 4 unspecified atom stereocenters. The molecular weight excluding hydrogens is 268 g/mol. The first-order valence-corrected chi connectivity index (χ1v) is 7.56. The van der Waals surface area contributed by atoms with Gasteiger partial charge in [0.1, 0.15) is 6.04 Å². The van der Waals surface area contributed by atoms with Gasteiger partial charge < -0.3 is 20.1 Å². The van der Waals surface area contributed by atoms with Gasteiger partial charge in [0.25, 0.3) is 0 Å². The van der Waals surface area contributed by atoms with Crippen LogP contribution in [0.3, 0.4) is 0 Å². The number of rotatable bonds is 4. The molecule has 2 rings (SSSR count). The highest BCUT2D eigenvalue weighted by molar-refractivity contribution is 8.00. The fraction of sp³-hybridized carbons (Fsp3) is 0.833. The van der Waals surface area contributed by atoms with E-state index in [1.807, 2.05) is 6.92 Å². The van der Waals surface area contributed by atoms with Crippen LogP contribution in [-0.4, -0.2) is 65.4 Å². The number of likely N-dealkylation sites (N-methyl/N-ethyl adjacent to an activating group) is 1. The van der Waals surface area contributed by atoms with Crippen molar-refractivity contribution in [2.45, 2.75) is 30.8 Å². The number of nitrogens with one attached hydrogen (secondary N) is 1. The molecule has 2 heterocycles. The molecule has 0 radical (unpaired) electrons. The lowest BCUT2D eigenvalue weighted by atomic mass is 10.0. The molecule has 7 heteroatoms. The molecular formula is C12H20N2O4S. The number of hydrogen-bond donors (Lipinski definition) is 2. The van der Waals surface area contributed by atoms with Gasteiger partial charge in [-0.05, 0) is 13.5 Å². The van der Waals surface area contributed by atoms with Gasteiger partial charge in [0.15, 0.2) is 0 Å². The lowest BCUT2D eigenvalue weighted by molar-refractivity contribution is -0.151. The minimum atomic E-state index is -0.920. The van der Waals surface area contributed by atoms with E-state index >= 15 is 0 Å². The maximum absolute atomic E-state index is 12.6. The van der Waals surface area contributed by atoms with Crippen LogP contribution < -0.4 is 5.32 Å². The quantitative estimate of drug-likeness (QED) is 0.757. The molecule has 0 spiro atoms. The Morgan fingerprint density at radius 3 is 2.79 bits per heavy atom. The molecule has 2 fully saturated rings. The fourth-order valence-electron chi connectivity index (χ4n) is 2.64. The summed E-state index contributed by atoms with van der Waals surface area (Å²) >= 11 is 1.55. The maximum atomic E-state index is 12.6. The largest absolute Gasteiger partial charge is 0.480 e. The van der Waals surface area contributed by atoms with Crippen molar-refractivity contribution >= 4 is 23.6 Å². The number of thioether (sulfide) groups is 1. The third-order valence-electron chi connectivity index (χ3n) is 3.75. The van der Waals surface area contributed by atoms with Crippen LogP contribution in [0.5, 0.6) is 0 Å². The Kier molecular flexibility index (Phi) is 4.70. The van der Waals surface area contributed by atoms with Crippen molar-refractivity contribution in [2.24, 2.45) is 5.92 Å². The van der Waals surface area contributed by atoms with Crippen molar-refractivity contribution in [3.05, 3.63) is 0 Å². The Balaban J connectivity index is 2.16. The van der Waals surface area contributed by atoms with Crippen LogP contribution >= 0.6 is 11.8 Å². The zero-order chi connectivity index (χ0) is 14.0. The summed E-state index contributed by atoms with van der Waals surface area (Å²) in [6.07, 6.45) is 0.762. The van der Waals surface area contributed by atoms with Crippen LogP contribution in [0.1, 0.15) is 13.3 Å². The molecule has 0 aromatic heterocycles. The van der Waals surface area contributed by atoms with Gasteiger partial charge in [0.2, 0.25) is 5.91 Å². The first-order valence-electron chi connectivity index (χ1n) is 6.51. The van der Waals surface area contributed by atoms with Gasteiger partial charge in [-0.2, -0.15) is 0 Å². The molecule has 2 N–H and O–H groups in total. The maximum Gasteiger partial charge on any atom is 0.327 e. The van der Waals surface area contributed by atoms with Crippen molar-refractivity contribution < 1.29 is 19.4 Å². The average Bonchev–Trinajstić information content (AvgIpc) is 3.03. The van der Waals surface area contributed by atoms with Crippen molar-refractivity contribution in [1.82, 2.24) is 10.2 Å². The molecule has 2 saturated heterocycles. The molecule has 4 atom stereocenters. The van der Waals surface area contributed by atoms with Crippen molar-refractivity contribution in [1.29, 1.82) is 0 Å². The lowest BCUT2D eigenvalue weighted by Gasteiger charge is -2.30. The van der Waals surface area contributed by atoms with Gasteiger partial charge in [0, 0.05) is 11.8 Å². The van der Waals surface area contributed by atoms with E-state index in [1.54, 1.807) is 23.7 Å². The average molecular weight is 288 g/mol. The summed E-state index contributed by atoms with van der Waals surface area (Å²) in [6, 6.07) is -0.731. The first kappa shape index (κ1) is 14.6. The van der Waals surface area contributed by atoms with Crippen LogP contribution in [0.15, 0.2) is 0 Å². The lowest BCUT2D eigenvalue weighted by Crippen LogP contribution is -2.51. The SMILES string of the molecule is CCC1SCC(C(=O)O)N1C(=O)C1COCC1NC. The number of carboxylic acids is 1. The van der Waals surface area contributed by atoms with Crippen LogP contribution in [0.25, 0.3) is 0 Å². The topological polar surface area (TPSA) is 78.9 Å². The molecule has 0 aromatic carbocycles. The number of amides is 1. The minimum Gasteiger partial charge on any atom is -0.480 e. The Labute approximate surface area is 116 Å². The standard InChI is InChI=1S/C12H20N2O4S/c1-3-10-14(9(6-19-10)12(16)17)11(15)7-4-18-5-8(7)13-2/h7-10,13H,3-6H2,1-2H3,(H,16,17). The number of aliphatic carboxylic acids is 1. The smallest absolute Gasteiger partial charge is 0.327 e. The molecule has 0 aromatic rings. The number of ether oxygens (including phenoxy) is 1. The summed E-state index contributed by atoms with van der Waals surface area (Å²) in [6.45, 7) is 2.85. The van der Waals surface area contributed by atoms with Gasteiger partial charge in [-0.15, -0.1) is 11.8 Å². The zero-order valence-electron chi connectivity index (χ0n) is 11.2. The molecule has 0 bridgehead atoms. The molecule has 108 valence electrons. The number of carbonyl (C=O) groups excluding carboxylic acids is 1. The monoisotopic (exact) mass is 288 g/mol. The van der Waals surface area contributed by atoms with Crippen LogP contribution in [-0.2, 0) is 14.3 Å². The van der Waals surface area contributed by atoms with Gasteiger partial charge in [-0.25, -0.2) is 4.79 Å². The molecule has 2 aliphatic rings. The Hall–Kier alpha value is -0.790. The Bertz CT molecular complexity index is 366. The normalized spacial score (nSPS) is 34.7. The van der Waals surface area contributed by atoms with Crippen LogP contribution in [0.2, 0.25) is 0 Å². The third-order valence-corrected chi connectivity index (χ3v) is 5.20. The van der Waals surface area contributed by atoms with E-state index in [0.717, 1.165) is 6.42 Å². The van der Waals surface area contributed by atoms with Gasteiger partial charge in [0.05, 0.1) is 24.5 Å². The van der Waals surface area contributed by atoms with E-state index in [1.165, 1.54) is 0 Å². The highest BCUT2D eigenvalue weighted by Gasteiger charge is 2.45. The van der Waals surface area contributed by atoms with E-state index in [4.69, 9.17) is 4.74 Å². The Morgan fingerprint density at radius 1 is 1.47 bits per heavy atom. The number of carboxylic acid groups (broad SMARTS) is 1. The fourth-order valence-corrected chi connectivity index (χ4v) is 3.99. The minimum absolute atomic E-state index is 0.0231. The highest BCUT2D eigenvalue weighted by Crippen LogP contribution is 2.33. The summed E-state index contributed by atoms with van der Waals surface area (Å²) in [5, 5.41) is 12.3. The van der Waals surface area contributed by atoms with Gasteiger partial charge >= 0.3 is 5.97 Å². The summed E-state index contributed by atoms with van der Waals surface area (Å²) in [4.78, 5) is 25.5. The predicted molar refractivity (Wildman–Crippen MR) is 72.0 cm³/mol. The van der Waals surface area contributed by atoms with E-state index < -0.39 is 12.0 Å². The van der Waals surface area contributed by atoms with Crippen LogP contribution in [0.4, 0.5) is 0 Å². The van der Waals surface area contributed by atoms with Crippen molar-refractivity contribution in [3.8, 4) is 0 Å². The van der Waals surface area contributed by atoms with E-state index in [2.05, 4.69) is 5.32 Å². The van der Waals surface area contributed by atoms with Gasteiger partial charge in [-0.1, -0.05) is 6.92 Å².